The van der Waals surface area contributed by atoms with Gasteiger partial charge in [-0.2, -0.15) is 0 Å². The van der Waals surface area contributed by atoms with E-state index in [2.05, 4.69) is 5.32 Å². The number of carboxylic acids is 1. The largest absolute Gasteiger partial charge is 0.480 e. The molecule has 1 atom stereocenters. The predicted octanol–water partition coefficient (Wildman–Crippen LogP) is 0.420. The minimum absolute atomic E-state index is 0.0462. The molecule has 1 amide bonds. The third kappa shape index (κ3) is 3.66. The van der Waals surface area contributed by atoms with Gasteiger partial charge >= 0.3 is 5.97 Å². The summed E-state index contributed by atoms with van der Waals surface area (Å²) in [5.74, 6) is -0.865. The molecule has 0 radical (unpaired) electrons. The lowest BCUT2D eigenvalue weighted by atomic mass is 9.98. The number of aliphatic carboxylic acids is 1. The van der Waals surface area contributed by atoms with Gasteiger partial charge < -0.3 is 10.4 Å². The van der Waals surface area contributed by atoms with E-state index in [-0.39, 0.29) is 28.4 Å². The zero-order chi connectivity index (χ0) is 14.8. The van der Waals surface area contributed by atoms with E-state index in [1.54, 1.807) is 0 Å². The maximum absolute atomic E-state index is 11.9. The Kier molecular flexibility index (Phi) is 4.63. The van der Waals surface area contributed by atoms with Crippen molar-refractivity contribution in [1.29, 1.82) is 0 Å². The van der Waals surface area contributed by atoms with E-state index in [1.165, 1.54) is 11.8 Å². The Balaban J connectivity index is 1.82. The Morgan fingerprint density at radius 3 is 2.45 bits per heavy atom. The Morgan fingerprint density at radius 2 is 1.95 bits per heavy atom. The number of carbonyl (C=O) groups is 2. The summed E-state index contributed by atoms with van der Waals surface area (Å²) >= 11 is 1.30. The van der Waals surface area contributed by atoms with Gasteiger partial charge in [0.1, 0.15) is 5.54 Å². The Morgan fingerprint density at radius 1 is 1.30 bits per heavy atom. The SMILES string of the molecule is O=C(CSC1CCS(=O)(=O)C1)NC1(C(=O)O)CCCC1. The molecular formula is C12H19NO5S2. The number of hydrogen-bond donors (Lipinski definition) is 2. The highest BCUT2D eigenvalue weighted by molar-refractivity contribution is 8.02. The van der Waals surface area contributed by atoms with Crippen molar-refractivity contribution in [2.75, 3.05) is 17.3 Å². The second kappa shape index (κ2) is 5.93. The normalized spacial score (nSPS) is 27.3. The van der Waals surface area contributed by atoms with Gasteiger partial charge in [-0.3, -0.25) is 4.79 Å². The highest BCUT2D eigenvalue weighted by Gasteiger charge is 2.42. The van der Waals surface area contributed by atoms with Crippen LogP contribution < -0.4 is 5.32 Å². The van der Waals surface area contributed by atoms with Crippen LogP contribution in [0.4, 0.5) is 0 Å². The van der Waals surface area contributed by atoms with Gasteiger partial charge in [0.05, 0.1) is 17.3 Å². The molecule has 1 unspecified atom stereocenters. The zero-order valence-electron chi connectivity index (χ0n) is 11.1. The molecule has 1 aliphatic heterocycles. The van der Waals surface area contributed by atoms with Crippen molar-refractivity contribution in [2.45, 2.75) is 42.9 Å². The second-order valence-electron chi connectivity index (χ2n) is 5.48. The van der Waals surface area contributed by atoms with Crippen molar-refractivity contribution < 1.29 is 23.1 Å². The molecule has 2 aliphatic rings. The summed E-state index contributed by atoms with van der Waals surface area (Å²) in [5.41, 5.74) is -1.11. The molecule has 2 rings (SSSR count). The minimum atomic E-state index is -2.94. The predicted molar refractivity (Wildman–Crippen MR) is 76.5 cm³/mol. The van der Waals surface area contributed by atoms with Crippen LogP contribution in [0.25, 0.3) is 0 Å². The lowest BCUT2D eigenvalue weighted by Crippen LogP contribution is -2.53. The summed E-state index contributed by atoms with van der Waals surface area (Å²) in [4.78, 5) is 23.2. The van der Waals surface area contributed by atoms with Gasteiger partial charge in [-0.25, -0.2) is 13.2 Å². The summed E-state index contributed by atoms with van der Waals surface area (Å²) in [6.07, 6.45) is 3.12. The highest BCUT2D eigenvalue weighted by Crippen LogP contribution is 2.30. The van der Waals surface area contributed by atoms with Gasteiger partial charge in [0.2, 0.25) is 5.91 Å². The molecule has 6 nitrogen and oxygen atoms in total. The van der Waals surface area contributed by atoms with Crippen molar-refractivity contribution in [3.05, 3.63) is 0 Å². The number of hydrogen-bond acceptors (Lipinski definition) is 5. The van der Waals surface area contributed by atoms with Crippen molar-refractivity contribution in [2.24, 2.45) is 0 Å². The number of carboxylic acid groups (broad SMARTS) is 1. The Labute approximate surface area is 122 Å². The molecule has 0 spiro atoms. The maximum Gasteiger partial charge on any atom is 0.329 e. The molecule has 114 valence electrons. The first-order valence-corrected chi connectivity index (χ1v) is 9.56. The van der Waals surface area contributed by atoms with E-state index in [0.29, 0.717) is 19.3 Å². The Bertz CT molecular complexity index is 496. The summed E-state index contributed by atoms with van der Waals surface area (Å²) < 4.78 is 22.6. The van der Waals surface area contributed by atoms with Crippen LogP contribution in [0.1, 0.15) is 32.1 Å². The van der Waals surface area contributed by atoms with Crippen LogP contribution in [0.2, 0.25) is 0 Å². The quantitative estimate of drug-likeness (QED) is 0.761. The fourth-order valence-electron chi connectivity index (χ4n) is 2.76. The van der Waals surface area contributed by atoms with Gasteiger partial charge in [-0.15, -0.1) is 11.8 Å². The summed E-state index contributed by atoms with van der Waals surface area (Å²) in [6, 6.07) is 0. The van der Waals surface area contributed by atoms with Crippen LogP contribution in [0, 0.1) is 0 Å². The monoisotopic (exact) mass is 321 g/mol. The van der Waals surface area contributed by atoms with Gasteiger partial charge in [0, 0.05) is 5.25 Å². The van der Waals surface area contributed by atoms with Crippen LogP contribution in [0.5, 0.6) is 0 Å². The number of carbonyl (C=O) groups excluding carboxylic acids is 1. The van der Waals surface area contributed by atoms with E-state index in [1.807, 2.05) is 0 Å². The molecule has 1 saturated carbocycles. The van der Waals surface area contributed by atoms with Gasteiger partial charge in [-0.1, -0.05) is 12.8 Å². The smallest absolute Gasteiger partial charge is 0.329 e. The molecule has 20 heavy (non-hydrogen) atoms. The van der Waals surface area contributed by atoms with E-state index >= 15 is 0 Å². The molecule has 1 saturated heterocycles. The fraction of sp³-hybridized carbons (Fsp3) is 0.833. The van der Waals surface area contributed by atoms with E-state index in [0.717, 1.165) is 12.8 Å². The second-order valence-corrected chi connectivity index (χ2v) is 9.00. The average molecular weight is 321 g/mol. The topological polar surface area (TPSA) is 101 Å². The molecule has 0 bridgehead atoms. The van der Waals surface area contributed by atoms with E-state index in [4.69, 9.17) is 0 Å². The molecule has 0 aromatic rings. The van der Waals surface area contributed by atoms with Crippen LogP contribution in [-0.2, 0) is 19.4 Å². The first-order valence-electron chi connectivity index (χ1n) is 6.69. The molecule has 8 heteroatoms. The number of nitrogens with one attached hydrogen (secondary N) is 1. The minimum Gasteiger partial charge on any atom is -0.480 e. The maximum atomic E-state index is 11.9. The van der Waals surface area contributed by atoms with Crippen molar-refractivity contribution in [3.8, 4) is 0 Å². The van der Waals surface area contributed by atoms with Crippen LogP contribution in [0.3, 0.4) is 0 Å². The number of sulfone groups is 1. The third-order valence-electron chi connectivity index (χ3n) is 3.89. The molecular weight excluding hydrogens is 302 g/mol. The first-order chi connectivity index (χ1) is 9.33. The summed E-state index contributed by atoms with van der Waals surface area (Å²) in [5, 5.41) is 11.8. The summed E-state index contributed by atoms with van der Waals surface area (Å²) in [7, 11) is -2.94. The zero-order valence-corrected chi connectivity index (χ0v) is 12.8. The average Bonchev–Trinajstić information content (AvgIpc) is 2.94. The van der Waals surface area contributed by atoms with Crippen molar-refractivity contribution in [3.63, 3.8) is 0 Å². The standard InChI is InChI=1S/C12H19NO5S2/c14-10(7-19-9-3-6-20(17,18)8-9)13-12(11(15)16)4-1-2-5-12/h9H,1-8H2,(H,13,14)(H,15,16). The van der Waals surface area contributed by atoms with Crippen LogP contribution >= 0.6 is 11.8 Å². The molecule has 0 aromatic heterocycles. The highest BCUT2D eigenvalue weighted by atomic mass is 32.2. The van der Waals surface area contributed by atoms with Gasteiger partial charge in [0.15, 0.2) is 9.84 Å². The van der Waals surface area contributed by atoms with Crippen LogP contribution in [-0.4, -0.2) is 53.4 Å². The molecule has 2 N–H and O–H groups in total. The first kappa shape index (κ1) is 15.6. The lowest BCUT2D eigenvalue weighted by Gasteiger charge is -2.25. The molecule has 1 aliphatic carbocycles. The number of rotatable bonds is 5. The van der Waals surface area contributed by atoms with Gasteiger partial charge in [-0.05, 0) is 19.3 Å². The lowest BCUT2D eigenvalue weighted by molar-refractivity contribution is -0.147. The Hall–Kier alpha value is -0.760. The van der Waals surface area contributed by atoms with Crippen LogP contribution in [0.15, 0.2) is 0 Å². The molecule has 0 aromatic carbocycles. The van der Waals surface area contributed by atoms with Crippen molar-refractivity contribution in [1.82, 2.24) is 5.32 Å². The fourth-order valence-corrected chi connectivity index (χ4v) is 6.20. The van der Waals surface area contributed by atoms with E-state index in [9.17, 15) is 23.1 Å². The van der Waals surface area contributed by atoms with Gasteiger partial charge in [0.25, 0.3) is 0 Å². The third-order valence-corrected chi connectivity index (χ3v) is 7.17. The summed E-state index contributed by atoms with van der Waals surface area (Å²) in [6.45, 7) is 0. The number of thioether (sulfide) groups is 1. The van der Waals surface area contributed by atoms with Crippen molar-refractivity contribution >= 4 is 33.5 Å². The molecule has 2 fully saturated rings. The molecule has 1 heterocycles. The van der Waals surface area contributed by atoms with E-state index < -0.39 is 21.3 Å². The number of amides is 1.